The first-order chi connectivity index (χ1) is 9.19. The molecule has 0 aliphatic carbocycles. The van der Waals surface area contributed by atoms with Gasteiger partial charge in [0.25, 0.3) is 10.0 Å². The molecule has 1 atom stereocenters. The van der Waals surface area contributed by atoms with Crippen molar-refractivity contribution in [3.63, 3.8) is 0 Å². The van der Waals surface area contributed by atoms with Crippen molar-refractivity contribution in [1.82, 2.24) is 0 Å². The van der Waals surface area contributed by atoms with Crippen LogP contribution in [0.25, 0.3) is 0 Å². The van der Waals surface area contributed by atoms with E-state index in [4.69, 9.17) is 45.3 Å². The molecule has 1 aromatic rings. The molecule has 0 bridgehead atoms. The maximum absolute atomic E-state index is 12.2. The van der Waals surface area contributed by atoms with E-state index in [1.807, 2.05) is 0 Å². The number of hydrogen-bond donors (Lipinski definition) is 1. The van der Waals surface area contributed by atoms with Gasteiger partial charge in [0.1, 0.15) is 16.1 Å². The molecule has 1 rings (SSSR count). The van der Waals surface area contributed by atoms with E-state index in [2.05, 4.69) is 4.40 Å². The summed E-state index contributed by atoms with van der Waals surface area (Å²) in [6, 6.07) is 2.79. The highest BCUT2D eigenvalue weighted by atomic mass is 35.5. The number of ether oxygens (including phenoxy) is 1. The standard InChI is InChI=1S/C11H13Cl3N2O3S/c1-6-3-7(12)4-8(13)10(6)20(17,18)16-11(15)9(14)5-19-2/h3-4,9H,5H2,1-2H3,(H2,15,16). The number of nitrogens with zero attached hydrogens (tertiary/aromatic N) is 1. The maximum Gasteiger partial charge on any atom is 0.285 e. The van der Waals surface area contributed by atoms with Crippen molar-refractivity contribution in [2.75, 3.05) is 13.7 Å². The second-order valence-electron chi connectivity index (χ2n) is 3.95. The quantitative estimate of drug-likeness (QED) is 0.498. The van der Waals surface area contributed by atoms with Crippen LogP contribution in [0.1, 0.15) is 5.56 Å². The Kier molecular flexibility index (Phi) is 6.09. The third-order valence-electron chi connectivity index (χ3n) is 2.31. The summed E-state index contributed by atoms with van der Waals surface area (Å²) < 4.78 is 32.7. The summed E-state index contributed by atoms with van der Waals surface area (Å²) in [5, 5.41) is -0.538. The van der Waals surface area contributed by atoms with Crippen LogP contribution in [0, 0.1) is 6.92 Å². The predicted octanol–water partition coefficient (Wildman–Crippen LogP) is 2.60. The highest BCUT2D eigenvalue weighted by Crippen LogP contribution is 2.30. The van der Waals surface area contributed by atoms with Crippen molar-refractivity contribution in [1.29, 1.82) is 0 Å². The van der Waals surface area contributed by atoms with Crippen molar-refractivity contribution in [3.05, 3.63) is 27.7 Å². The normalized spacial score (nSPS) is 14.3. The lowest BCUT2D eigenvalue weighted by molar-refractivity contribution is 0.209. The second kappa shape index (κ2) is 6.95. The van der Waals surface area contributed by atoms with Crippen molar-refractivity contribution in [3.8, 4) is 0 Å². The summed E-state index contributed by atoms with van der Waals surface area (Å²) in [5.41, 5.74) is 5.92. The highest BCUT2D eigenvalue weighted by Gasteiger charge is 2.22. The van der Waals surface area contributed by atoms with Crippen LogP contribution in [0.2, 0.25) is 10.0 Å². The fraction of sp³-hybridized carbons (Fsp3) is 0.364. The molecule has 0 aliphatic rings. The van der Waals surface area contributed by atoms with Crippen LogP contribution >= 0.6 is 34.8 Å². The van der Waals surface area contributed by atoms with Gasteiger partial charge in [-0.05, 0) is 24.6 Å². The molecule has 0 saturated heterocycles. The Morgan fingerprint density at radius 3 is 2.55 bits per heavy atom. The molecule has 0 saturated carbocycles. The van der Waals surface area contributed by atoms with Gasteiger partial charge in [-0.25, -0.2) is 0 Å². The van der Waals surface area contributed by atoms with E-state index in [9.17, 15) is 8.42 Å². The van der Waals surface area contributed by atoms with Gasteiger partial charge in [0.05, 0.1) is 11.6 Å². The number of benzene rings is 1. The van der Waals surface area contributed by atoms with Gasteiger partial charge in [0.15, 0.2) is 0 Å². The minimum atomic E-state index is -4.07. The third kappa shape index (κ3) is 4.23. The molecule has 20 heavy (non-hydrogen) atoms. The zero-order valence-electron chi connectivity index (χ0n) is 10.7. The molecule has 0 aliphatic heterocycles. The molecule has 1 unspecified atom stereocenters. The van der Waals surface area contributed by atoms with E-state index in [1.54, 1.807) is 6.92 Å². The lowest BCUT2D eigenvalue weighted by atomic mass is 10.2. The topological polar surface area (TPSA) is 81.8 Å². The number of alkyl halides is 1. The van der Waals surface area contributed by atoms with Gasteiger partial charge in [0.2, 0.25) is 0 Å². The van der Waals surface area contributed by atoms with Gasteiger partial charge in [0, 0.05) is 12.1 Å². The zero-order chi connectivity index (χ0) is 15.5. The molecular weight excluding hydrogens is 347 g/mol. The van der Waals surface area contributed by atoms with Crippen molar-refractivity contribution in [2.24, 2.45) is 10.1 Å². The average molecular weight is 360 g/mol. The van der Waals surface area contributed by atoms with Crippen LogP contribution < -0.4 is 5.73 Å². The lowest BCUT2D eigenvalue weighted by Gasteiger charge is -2.10. The van der Waals surface area contributed by atoms with E-state index in [0.717, 1.165) is 0 Å². The molecule has 0 heterocycles. The molecule has 9 heteroatoms. The van der Waals surface area contributed by atoms with Crippen LogP contribution in [0.4, 0.5) is 0 Å². The van der Waals surface area contributed by atoms with Crippen LogP contribution in [-0.2, 0) is 14.8 Å². The van der Waals surface area contributed by atoms with Crippen LogP contribution in [0.15, 0.2) is 21.4 Å². The average Bonchev–Trinajstić information content (AvgIpc) is 2.26. The molecule has 0 radical (unpaired) electrons. The van der Waals surface area contributed by atoms with Gasteiger partial charge in [-0.2, -0.15) is 8.42 Å². The van der Waals surface area contributed by atoms with E-state index in [-0.39, 0.29) is 22.4 Å². The van der Waals surface area contributed by atoms with Gasteiger partial charge < -0.3 is 10.5 Å². The number of nitrogens with two attached hydrogens (primary N) is 1. The summed E-state index contributed by atoms with van der Waals surface area (Å²) in [6.07, 6.45) is 0. The molecule has 0 aromatic heterocycles. The number of rotatable bonds is 5. The maximum atomic E-state index is 12.2. The minimum absolute atomic E-state index is 0.0237. The van der Waals surface area contributed by atoms with Gasteiger partial charge in [-0.1, -0.05) is 23.2 Å². The SMILES string of the molecule is COCC(Cl)C(N)=NS(=O)(=O)c1c(C)cc(Cl)cc1Cl. The third-order valence-corrected chi connectivity index (χ3v) is 4.80. The summed E-state index contributed by atoms with van der Waals surface area (Å²) in [7, 11) is -2.65. The second-order valence-corrected chi connectivity index (χ2v) is 6.86. The Labute approximate surface area is 132 Å². The predicted molar refractivity (Wildman–Crippen MR) is 81.5 cm³/mol. The van der Waals surface area contributed by atoms with E-state index >= 15 is 0 Å². The fourth-order valence-corrected chi connectivity index (χ4v) is 3.88. The molecule has 0 amide bonds. The fourth-order valence-electron chi connectivity index (χ4n) is 1.49. The van der Waals surface area contributed by atoms with Gasteiger partial charge in [-0.15, -0.1) is 16.0 Å². The monoisotopic (exact) mass is 358 g/mol. The number of amidine groups is 1. The zero-order valence-corrected chi connectivity index (χ0v) is 13.8. The van der Waals surface area contributed by atoms with Crippen LogP contribution in [0.5, 0.6) is 0 Å². The molecular formula is C11H13Cl3N2O3S. The largest absolute Gasteiger partial charge is 0.385 e. The van der Waals surface area contributed by atoms with E-state index in [1.165, 1.54) is 19.2 Å². The van der Waals surface area contributed by atoms with Crippen molar-refractivity contribution in [2.45, 2.75) is 17.2 Å². The van der Waals surface area contributed by atoms with Crippen molar-refractivity contribution >= 4 is 50.7 Å². The summed E-state index contributed by atoms with van der Waals surface area (Å²) >= 11 is 17.5. The molecule has 2 N–H and O–H groups in total. The summed E-state index contributed by atoms with van der Waals surface area (Å²) in [4.78, 5) is -0.146. The van der Waals surface area contributed by atoms with Gasteiger partial charge >= 0.3 is 0 Å². The first-order valence-electron chi connectivity index (χ1n) is 5.38. The highest BCUT2D eigenvalue weighted by molar-refractivity contribution is 7.90. The Morgan fingerprint density at radius 1 is 1.45 bits per heavy atom. The van der Waals surface area contributed by atoms with E-state index < -0.39 is 15.4 Å². The van der Waals surface area contributed by atoms with E-state index in [0.29, 0.717) is 10.6 Å². The first kappa shape index (κ1) is 17.5. The Hall–Kier alpha value is -0.530. The Bertz CT molecular complexity index is 609. The molecule has 0 spiro atoms. The number of hydrogen-bond acceptors (Lipinski definition) is 3. The number of methoxy groups -OCH3 is 1. The first-order valence-corrected chi connectivity index (χ1v) is 8.01. The molecule has 112 valence electrons. The number of aryl methyl sites for hydroxylation is 1. The Balaban J connectivity index is 3.28. The number of halogens is 3. The van der Waals surface area contributed by atoms with Gasteiger partial charge in [-0.3, -0.25) is 0 Å². The molecule has 0 fully saturated rings. The van der Waals surface area contributed by atoms with Crippen LogP contribution in [-0.4, -0.2) is 33.3 Å². The van der Waals surface area contributed by atoms with Crippen molar-refractivity contribution < 1.29 is 13.2 Å². The van der Waals surface area contributed by atoms with Crippen LogP contribution in [0.3, 0.4) is 0 Å². The minimum Gasteiger partial charge on any atom is -0.385 e. The summed E-state index contributed by atoms with van der Waals surface area (Å²) in [5.74, 6) is -0.265. The lowest BCUT2D eigenvalue weighted by Crippen LogP contribution is -2.29. The molecule has 1 aromatic carbocycles. The smallest absolute Gasteiger partial charge is 0.285 e. The Morgan fingerprint density at radius 2 is 2.05 bits per heavy atom. The molecule has 5 nitrogen and oxygen atoms in total. The summed E-state index contributed by atoms with van der Waals surface area (Å²) in [6.45, 7) is 1.60. The number of sulfonamides is 1.